The van der Waals surface area contributed by atoms with Gasteiger partial charge in [-0.05, 0) is 6.07 Å². The molecule has 0 unspecified atom stereocenters. The summed E-state index contributed by atoms with van der Waals surface area (Å²) in [5.41, 5.74) is 1.97. The molecule has 0 fully saturated rings. The first kappa shape index (κ1) is 7.73. The average molecular weight is 171 g/mol. The third-order valence-electron chi connectivity index (χ3n) is 1.81. The first-order valence-corrected chi connectivity index (χ1v) is 4.01. The number of benzene rings is 1. The molecule has 3 heteroatoms. The third kappa shape index (κ3) is 1.49. The summed E-state index contributed by atoms with van der Waals surface area (Å²) in [5.74, 6) is 0. The summed E-state index contributed by atoms with van der Waals surface area (Å²) in [4.78, 5) is 0. The Balaban J connectivity index is 2.41. The van der Waals surface area contributed by atoms with Gasteiger partial charge >= 0.3 is 0 Å². The smallest absolute Gasteiger partial charge is 0.108 e. The minimum absolute atomic E-state index is 0.893. The van der Waals surface area contributed by atoms with Gasteiger partial charge in [0.05, 0.1) is 5.69 Å². The minimum atomic E-state index is 0.893. The second-order valence-corrected chi connectivity index (χ2v) is 2.68. The second-order valence-electron chi connectivity index (χ2n) is 2.68. The highest BCUT2D eigenvalue weighted by Crippen LogP contribution is 2.14. The lowest BCUT2D eigenvalue weighted by molar-refractivity contribution is 0.954. The molecule has 0 aliphatic rings. The highest BCUT2D eigenvalue weighted by atomic mass is 15.3. The maximum absolute atomic E-state index is 6.99. The number of nitrogens with zero attached hydrogens (tertiary/aromatic N) is 2. The first-order chi connectivity index (χ1) is 6.40. The van der Waals surface area contributed by atoms with Crippen LogP contribution < -0.4 is 0 Å². The van der Waals surface area contributed by atoms with Crippen molar-refractivity contribution < 1.29 is 0 Å². The number of rotatable bonds is 2. The maximum atomic E-state index is 6.99. The van der Waals surface area contributed by atoms with Crippen molar-refractivity contribution in [2.75, 3.05) is 0 Å². The fourth-order valence-electron chi connectivity index (χ4n) is 1.17. The van der Waals surface area contributed by atoms with Crippen LogP contribution in [0.2, 0.25) is 0 Å². The molecule has 2 rings (SSSR count). The molecule has 0 saturated carbocycles. The Morgan fingerprint density at radius 2 is 1.92 bits per heavy atom. The summed E-state index contributed by atoms with van der Waals surface area (Å²) in [6.07, 6.45) is 2.93. The Morgan fingerprint density at radius 3 is 2.54 bits per heavy atom. The van der Waals surface area contributed by atoms with E-state index < -0.39 is 0 Å². The van der Waals surface area contributed by atoms with Crippen molar-refractivity contribution in [2.45, 2.75) is 0 Å². The van der Waals surface area contributed by atoms with Crippen LogP contribution >= 0.6 is 0 Å². The molecule has 1 N–H and O–H groups in total. The topological polar surface area (TPSA) is 41.7 Å². The van der Waals surface area contributed by atoms with E-state index in [9.17, 15) is 0 Å². The lowest BCUT2D eigenvalue weighted by Gasteiger charge is -1.93. The molecular weight excluding hydrogens is 162 g/mol. The van der Waals surface area contributed by atoms with Crippen LogP contribution in [-0.4, -0.2) is 16.1 Å². The average Bonchev–Trinajstić information content (AvgIpc) is 2.67. The van der Waals surface area contributed by atoms with Gasteiger partial charge in [-0.1, -0.05) is 30.3 Å². The van der Waals surface area contributed by atoms with E-state index in [1.54, 1.807) is 6.20 Å². The van der Waals surface area contributed by atoms with Gasteiger partial charge in [0, 0.05) is 11.8 Å². The molecule has 3 nitrogen and oxygen atoms in total. The maximum Gasteiger partial charge on any atom is 0.108 e. The van der Waals surface area contributed by atoms with Gasteiger partial charge in [-0.2, -0.15) is 5.10 Å². The SMILES string of the molecule is N=Cn1ccc(-c2ccccc2)n1. The van der Waals surface area contributed by atoms with E-state index in [0.717, 1.165) is 11.3 Å². The van der Waals surface area contributed by atoms with Crippen LogP contribution in [0.5, 0.6) is 0 Å². The second kappa shape index (κ2) is 3.23. The van der Waals surface area contributed by atoms with Gasteiger partial charge in [0.15, 0.2) is 0 Å². The van der Waals surface area contributed by atoms with Crippen LogP contribution in [0.15, 0.2) is 42.6 Å². The van der Waals surface area contributed by atoms with Gasteiger partial charge in [-0.25, -0.2) is 4.68 Å². The number of aromatic nitrogens is 2. The molecule has 0 amide bonds. The molecule has 0 atom stereocenters. The zero-order chi connectivity index (χ0) is 9.10. The highest BCUT2D eigenvalue weighted by Gasteiger charge is 1.98. The van der Waals surface area contributed by atoms with Crippen molar-refractivity contribution in [3.8, 4) is 11.3 Å². The molecule has 0 spiro atoms. The fourth-order valence-corrected chi connectivity index (χ4v) is 1.17. The lowest BCUT2D eigenvalue weighted by Crippen LogP contribution is -1.93. The summed E-state index contributed by atoms with van der Waals surface area (Å²) in [5, 5.41) is 11.2. The molecule has 1 aromatic carbocycles. The van der Waals surface area contributed by atoms with Crippen LogP contribution in [0.4, 0.5) is 0 Å². The van der Waals surface area contributed by atoms with Crippen molar-refractivity contribution in [2.24, 2.45) is 0 Å². The molecule has 0 aliphatic carbocycles. The monoisotopic (exact) mass is 171 g/mol. The minimum Gasteiger partial charge on any atom is -0.289 e. The van der Waals surface area contributed by atoms with Gasteiger partial charge in [-0.3, -0.25) is 5.41 Å². The van der Waals surface area contributed by atoms with Crippen LogP contribution in [0.1, 0.15) is 0 Å². The normalized spacial score (nSPS) is 9.85. The number of hydrogen-bond donors (Lipinski definition) is 1. The van der Waals surface area contributed by atoms with Crippen molar-refractivity contribution in [3.63, 3.8) is 0 Å². The van der Waals surface area contributed by atoms with E-state index in [1.807, 2.05) is 36.4 Å². The van der Waals surface area contributed by atoms with Gasteiger partial charge in [-0.15, -0.1) is 0 Å². The van der Waals surface area contributed by atoms with Crippen molar-refractivity contribution in [3.05, 3.63) is 42.6 Å². The first-order valence-electron chi connectivity index (χ1n) is 4.01. The molecule has 0 saturated heterocycles. The summed E-state index contributed by atoms with van der Waals surface area (Å²) in [7, 11) is 0. The predicted molar refractivity (Wildman–Crippen MR) is 51.8 cm³/mol. The van der Waals surface area contributed by atoms with Crippen LogP contribution in [-0.2, 0) is 0 Å². The van der Waals surface area contributed by atoms with Crippen molar-refractivity contribution in [1.82, 2.24) is 9.78 Å². The lowest BCUT2D eigenvalue weighted by atomic mass is 10.2. The molecular formula is C10H9N3. The van der Waals surface area contributed by atoms with Gasteiger partial charge in [0.25, 0.3) is 0 Å². The predicted octanol–water partition coefficient (Wildman–Crippen LogP) is 2.01. The van der Waals surface area contributed by atoms with E-state index in [-0.39, 0.29) is 0 Å². The van der Waals surface area contributed by atoms with Crippen LogP contribution in [0.3, 0.4) is 0 Å². The summed E-state index contributed by atoms with van der Waals surface area (Å²) >= 11 is 0. The Kier molecular flexibility index (Phi) is 1.92. The zero-order valence-electron chi connectivity index (χ0n) is 7.01. The third-order valence-corrected chi connectivity index (χ3v) is 1.81. The largest absolute Gasteiger partial charge is 0.289 e. The summed E-state index contributed by atoms with van der Waals surface area (Å²) < 4.78 is 1.47. The Morgan fingerprint density at radius 1 is 1.15 bits per heavy atom. The number of nitrogens with one attached hydrogen (secondary N) is 1. The summed E-state index contributed by atoms with van der Waals surface area (Å²) in [6, 6.07) is 11.8. The Bertz CT molecular complexity index is 403. The Labute approximate surface area is 76.1 Å². The standard InChI is InChI=1S/C10H9N3/c11-8-13-7-6-10(12-13)9-4-2-1-3-5-9/h1-8,11H. The van der Waals surface area contributed by atoms with E-state index in [4.69, 9.17) is 5.41 Å². The van der Waals surface area contributed by atoms with Crippen molar-refractivity contribution >= 4 is 6.34 Å². The van der Waals surface area contributed by atoms with Crippen LogP contribution in [0, 0.1) is 5.41 Å². The number of hydrogen-bond acceptors (Lipinski definition) is 2. The van der Waals surface area contributed by atoms with E-state index in [2.05, 4.69) is 5.10 Å². The highest BCUT2D eigenvalue weighted by molar-refractivity contribution is 5.61. The van der Waals surface area contributed by atoms with Gasteiger partial charge in [0.1, 0.15) is 6.34 Å². The van der Waals surface area contributed by atoms with Crippen molar-refractivity contribution in [1.29, 1.82) is 5.41 Å². The zero-order valence-corrected chi connectivity index (χ0v) is 7.01. The van der Waals surface area contributed by atoms with Gasteiger partial charge < -0.3 is 0 Å². The van der Waals surface area contributed by atoms with E-state index in [0.29, 0.717) is 0 Å². The fraction of sp³-hybridized carbons (Fsp3) is 0. The molecule has 13 heavy (non-hydrogen) atoms. The Hall–Kier alpha value is -1.90. The van der Waals surface area contributed by atoms with Gasteiger partial charge in [0.2, 0.25) is 0 Å². The molecule has 1 heterocycles. The van der Waals surface area contributed by atoms with Crippen LogP contribution in [0.25, 0.3) is 11.3 Å². The molecule has 0 radical (unpaired) electrons. The molecule has 2 aromatic rings. The molecule has 64 valence electrons. The molecule has 0 bridgehead atoms. The quantitative estimate of drug-likeness (QED) is 0.545. The molecule has 0 aliphatic heterocycles. The summed E-state index contributed by atoms with van der Waals surface area (Å²) in [6.45, 7) is 0. The van der Waals surface area contributed by atoms with E-state index >= 15 is 0 Å². The van der Waals surface area contributed by atoms with E-state index in [1.165, 1.54) is 11.0 Å². The molecule has 1 aromatic heterocycles.